The Morgan fingerprint density at radius 3 is 2.63 bits per heavy atom. The summed E-state index contributed by atoms with van der Waals surface area (Å²) in [7, 11) is 0. The smallest absolute Gasteiger partial charge is 0.348 e. The average molecular weight is 502 g/mol. The number of non-ortho nitro benzene ring substituents is 1. The van der Waals surface area contributed by atoms with Crippen molar-refractivity contribution in [2.45, 2.75) is 19.8 Å². The quantitative estimate of drug-likeness (QED) is 0.264. The number of benzene rings is 2. The normalized spacial score (nSPS) is 15.2. The molecule has 0 saturated heterocycles. The molecule has 1 aliphatic heterocycles. The Balaban J connectivity index is 2.24. The summed E-state index contributed by atoms with van der Waals surface area (Å²) in [5.41, 5.74) is 4.25. The Kier molecular flexibility index (Phi) is 7.37. The van der Waals surface area contributed by atoms with Gasteiger partial charge in [0.25, 0.3) is 5.69 Å². The van der Waals surface area contributed by atoms with E-state index < -0.39 is 39.8 Å². The number of esters is 2. The lowest BCUT2D eigenvalue weighted by Crippen LogP contribution is -2.26. The fraction of sp³-hybridized carbons (Fsp3) is 0.174. The van der Waals surface area contributed by atoms with Crippen LogP contribution >= 0.6 is 11.6 Å². The van der Waals surface area contributed by atoms with Gasteiger partial charge in [0.05, 0.1) is 28.0 Å². The number of carbonyl (C=O) groups excluding carboxylic acids is 2. The Hall–Kier alpha value is -4.43. The van der Waals surface area contributed by atoms with E-state index in [4.69, 9.17) is 31.5 Å². The van der Waals surface area contributed by atoms with E-state index >= 15 is 0 Å². The molecule has 0 fully saturated rings. The summed E-state index contributed by atoms with van der Waals surface area (Å²) in [6.07, 6.45) is 0. The van der Waals surface area contributed by atoms with Crippen LogP contribution in [0.4, 0.5) is 10.1 Å². The first kappa shape index (κ1) is 25.2. The molecular formula is C23H17ClFN3O7. The van der Waals surface area contributed by atoms with Gasteiger partial charge in [-0.2, -0.15) is 5.26 Å². The number of nitrogens with zero attached hydrogens (tertiary/aromatic N) is 2. The van der Waals surface area contributed by atoms with Gasteiger partial charge in [-0.3, -0.25) is 10.1 Å². The standard InChI is InChI=1S/C23H17ClFN3O7/c1-3-33-22(29)18-11(2)34-21(27)14(10-26)19(18)13-9-12(28(31)32)7-8-17(13)35-23(30)20-15(24)5-4-6-16(20)25/h4-9,19H,3,27H2,1-2H3. The fourth-order valence-electron chi connectivity index (χ4n) is 3.48. The lowest BCUT2D eigenvalue weighted by atomic mass is 9.82. The van der Waals surface area contributed by atoms with Gasteiger partial charge < -0.3 is 19.9 Å². The molecule has 0 aromatic heterocycles. The minimum absolute atomic E-state index is 0.0218. The van der Waals surface area contributed by atoms with Crippen molar-refractivity contribution in [3.8, 4) is 11.8 Å². The fourth-order valence-corrected chi connectivity index (χ4v) is 3.72. The van der Waals surface area contributed by atoms with Crippen LogP contribution in [-0.4, -0.2) is 23.5 Å². The Morgan fingerprint density at radius 2 is 2.03 bits per heavy atom. The molecule has 180 valence electrons. The van der Waals surface area contributed by atoms with Crippen LogP contribution in [0.1, 0.15) is 35.7 Å². The molecule has 0 spiro atoms. The molecule has 3 rings (SSSR count). The Bertz CT molecular complexity index is 1330. The second kappa shape index (κ2) is 10.2. The number of nitro groups is 1. The third-order valence-electron chi connectivity index (χ3n) is 4.99. The molecule has 12 heteroatoms. The molecule has 10 nitrogen and oxygen atoms in total. The number of hydrogen-bond acceptors (Lipinski definition) is 9. The van der Waals surface area contributed by atoms with Gasteiger partial charge in [-0.1, -0.05) is 17.7 Å². The number of carbonyl (C=O) groups is 2. The van der Waals surface area contributed by atoms with E-state index in [1.807, 2.05) is 6.07 Å². The minimum atomic E-state index is -1.36. The van der Waals surface area contributed by atoms with Crippen LogP contribution < -0.4 is 10.5 Å². The summed E-state index contributed by atoms with van der Waals surface area (Å²) in [6.45, 7) is 2.93. The minimum Gasteiger partial charge on any atom is -0.463 e. The first-order valence-electron chi connectivity index (χ1n) is 10.0. The molecule has 1 atom stereocenters. The molecule has 1 heterocycles. The number of hydrogen-bond donors (Lipinski definition) is 1. The monoisotopic (exact) mass is 501 g/mol. The highest BCUT2D eigenvalue weighted by molar-refractivity contribution is 6.33. The number of halogens is 2. The van der Waals surface area contributed by atoms with Crippen LogP contribution in [0.3, 0.4) is 0 Å². The maximum Gasteiger partial charge on any atom is 0.348 e. The van der Waals surface area contributed by atoms with Gasteiger partial charge in [0, 0.05) is 17.7 Å². The summed E-state index contributed by atoms with van der Waals surface area (Å²) >= 11 is 5.95. The largest absolute Gasteiger partial charge is 0.463 e. The van der Waals surface area contributed by atoms with Crippen LogP contribution in [-0.2, 0) is 14.3 Å². The van der Waals surface area contributed by atoms with Gasteiger partial charge in [0.1, 0.15) is 34.5 Å². The molecule has 35 heavy (non-hydrogen) atoms. The molecule has 0 amide bonds. The molecule has 0 radical (unpaired) electrons. The zero-order valence-corrected chi connectivity index (χ0v) is 19.1. The van der Waals surface area contributed by atoms with Gasteiger partial charge in [0.2, 0.25) is 5.88 Å². The molecule has 1 aliphatic rings. The van der Waals surface area contributed by atoms with Crippen molar-refractivity contribution in [3.63, 3.8) is 0 Å². The van der Waals surface area contributed by atoms with Gasteiger partial charge in [-0.05, 0) is 32.0 Å². The van der Waals surface area contributed by atoms with Crippen molar-refractivity contribution < 1.29 is 33.1 Å². The molecule has 2 aromatic rings. The summed E-state index contributed by atoms with van der Waals surface area (Å²) in [5.74, 6) is -5.08. The highest BCUT2D eigenvalue weighted by Crippen LogP contribution is 2.44. The number of nitriles is 1. The van der Waals surface area contributed by atoms with Gasteiger partial charge in [0.15, 0.2) is 0 Å². The van der Waals surface area contributed by atoms with Crippen molar-refractivity contribution in [3.05, 3.63) is 91.3 Å². The highest BCUT2D eigenvalue weighted by Gasteiger charge is 2.39. The zero-order chi connectivity index (χ0) is 25.9. The predicted molar refractivity (Wildman–Crippen MR) is 119 cm³/mol. The Labute approximate surface area is 203 Å². The van der Waals surface area contributed by atoms with Gasteiger partial charge in [-0.15, -0.1) is 0 Å². The van der Waals surface area contributed by atoms with E-state index in [0.29, 0.717) is 0 Å². The van der Waals surface area contributed by atoms with Gasteiger partial charge in [-0.25, -0.2) is 14.0 Å². The first-order valence-corrected chi connectivity index (χ1v) is 10.4. The molecule has 0 bridgehead atoms. The third kappa shape index (κ3) is 4.92. The lowest BCUT2D eigenvalue weighted by molar-refractivity contribution is -0.384. The number of rotatable bonds is 6. The Morgan fingerprint density at radius 1 is 1.31 bits per heavy atom. The third-order valence-corrected chi connectivity index (χ3v) is 5.30. The number of nitrogens with two attached hydrogens (primary N) is 1. The van der Waals surface area contributed by atoms with E-state index in [2.05, 4.69) is 0 Å². The second-order valence-electron chi connectivity index (χ2n) is 7.08. The van der Waals surface area contributed by atoms with E-state index in [1.54, 1.807) is 6.92 Å². The van der Waals surface area contributed by atoms with Crippen molar-refractivity contribution in [2.24, 2.45) is 5.73 Å². The molecule has 2 N–H and O–H groups in total. The predicted octanol–water partition coefficient (Wildman–Crippen LogP) is 4.25. The van der Waals surface area contributed by atoms with Crippen LogP contribution in [0.15, 0.2) is 59.2 Å². The summed E-state index contributed by atoms with van der Waals surface area (Å²) < 4.78 is 30.0. The van der Waals surface area contributed by atoms with Gasteiger partial charge >= 0.3 is 11.9 Å². The van der Waals surface area contributed by atoms with Crippen molar-refractivity contribution in [2.75, 3.05) is 6.61 Å². The SMILES string of the molecule is CCOC(=O)C1=C(C)OC(N)=C(C#N)C1c1cc([N+](=O)[O-])ccc1OC(=O)c1c(F)cccc1Cl. The van der Waals surface area contributed by atoms with Crippen molar-refractivity contribution in [1.29, 1.82) is 5.26 Å². The van der Waals surface area contributed by atoms with Crippen LogP contribution in [0.5, 0.6) is 5.75 Å². The first-order chi connectivity index (χ1) is 16.6. The van der Waals surface area contributed by atoms with E-state index in [1.165, 1.54) is 19.1 Å². The van der Waals surface area contributed by atoms with Crippen molar-refractivity contribution in [1.82, 2.24) is 0 Å². The lowest BCUT2D eigenvalue weighted by Gasteiger charge is -2.27. The molecule has 1 unspecified atom stereocenters. The summed E-state index contributed by atoms with van der Waals surface area (Å²) in [4.78, 5) is 36.3. The van der Waals surface area contributed by atoms with Crippen LogP contribution in [0, 0.1) is 27.3 Å². The topological polar surface area (TPSA) is 155 Å². The van der Waals surface area contributed by atoms with E-state index in [-0.39, 0.29) is 45.7 Å². The molecule has 0 aliphatic carbocycles. The van der Waals surface area contributed by atoms with Crippen LogP contribution in [0.2, 0.25) is 5.02 Å². The molecule has 2 aromatic carbocycles. The van der Waals surface area contributed by atoms with E-state index in [0.717, 1.165) is 24.3 Å². The van der Waals surface area contributed by atoms with Crippen LogP contribution in [0.25, 0.3) is 0 Å². The molecular weight excluding hydrogens is 485 g/mol. The number of allylic oxidation sites excluding steroid dienone is 2. The maximum absolute atomic E-state index is 14.3. The second-order valence-corrected chi connectivity index (χ2v) is 7.49. The number of ether oxygens (including phenoxy) is 3. The number of nitro benzene ring substituents is 1. The maximum atomic E-state index is 14.3. The summed E-state index contributed by atoms with van der Waals surface area (Å²) in [6, 6.07) is 8.52. The highest BCUT2D eigenvalue weighted by atomic mass is 35.5. The molecule has 0 saturated carbocycles. The van der Waals surface area contributed by atoms with E-state index in [9.17, 15) is 29.4 Å². The van der Waals surface area contributed by atoms with Crippen molar-refractivity contribution >= 4 is 29.2 Å². The average Bonchev–Trinajstić information content (AvgIpc) is 2.78. The summed E-state index contributed by atoms with van der Waals surface area (Å²) in [5, 5.41) is 21.0. The zero-order valence-electron chi connectivity index (χ0n) is 18.3.